The van der Waals surface area contributed by atoms with Crippen molar-refractivity contribution in [1.82, 2.24) is 10.3 Å². The zero-order chi connectivity index (χ0) is 13.0. The van der Waals surface area contributed by atoms with Crippen molar-refractivity contribution >= 4 is 0 Å². The maximum absolute atomic E-state index is 12.9. The van der Waals surface area contributed by atoms with E-state index in [4.69, 9.17) is 0 Å². The first kappa shape index (κ1) is 12.7. The number of hydrogen-bond acceptors (Lipinski definition) is 1. The minimum atomic E-state index is -4.32. The Morgan fingerprint density at radius 1 is 1.06 bits per heavy atom. The summed E-state index contributed by atoms with van der Waals surface area (Å²) in [6.07, 6.45) is -2.84. The summed E-state index contributed by atoms with van der Waals surface area (Å²) in [6, 6.07) is 10.3. The van der Waals surface area contributed by atoms with Gasteiger partial charge in [-0.2, -0.15) is 13.2 Å². The van der Waals surface area contributed by atoms with Gasteiger partial charge in [-0.15, -0.1) is 0 Å². The highest BCUT2D eigenvalue weighted by Gasteiger charge is 2.41. The minimum Gasteiger partial charge on any atom is -0.363 e. The van der Waals surface area contributed by atoms with E-state index in [-0.39, 0.29) is 12.2 Å². The first-order valence-corrected chi connectivity index (χ1v) is 5.54. The van der Waals surface area contributed by atoms with Crippen molar-refractivity contribution < 1.29 is 13.2 Å². The molecule has 0 bridgehead atoms. The van der Waals surface area contributed by atoms with Gasteiger partial charge in [0.25, 0.3) is 0 Å². The van der Waals surface area contributed by atoms with Gasteiger partial charge in [-0.05, 0) is 17.7 Å². The van der Waals surface area contributed by atoms with E-state index in [1.807, 2.05) is 6.07 Å². The summed E-state index contributed by atoms with van der Waals surface area (Å²) in [7, 11) is 0. The van der Waals surface area contributed by atoms with E-state index in [1.54, 1.807) is 30.3 Å². The highest BCUT2D eigenvalue weighted by atomic mass is 19.4. The normalized spacial score (nSPS) is 13.5. The first-order valence-electron chi connectivity index (χ1n) is 5.54. The van der Waals surface area contributed by atoms with Crippen LogP contribution in [0.15, 0.2) is 48.7 Å². The van der Waals surface area contributed by atoms with Gasteiger partial charge in [0.05, 0.1) is 0 Å². The Labute approximate surface area is 103 Å². The molecule has 0 saturated heterocycles. The Bertz CT molecular complexity index is 463. The van der Waals surface area contributed by atoms with Gasteiger partial charge in [-0.1, -0.05) is 30.3 Å². The summed E-state index contributed by atoms with van der Waals surface area (Å²) in [6.45, 7) is 0.171. The Balaban J connectivity index is 2.08. The molecule has 96 valence electrons. The molecule has 5 heteroatoms. The van der Waals surface area contributed by atoms with E-state index >= 15 is 0 Å². The van der Waals surface area contributed by atoms with Crippen molar-refractivity contribution in [1.29, 1.82) is 0 Å². The molecule has 0 saturated carbocycles. The molecule has 0 amide bonds. The smallest absolute Gasteiger partial charge is 0.363 e. The van der Waals surface area contributed by atoms with Crippen LogP contribution < -0.4 is 5.32 Å². The lowest BCUT2D eigenvalue weighted by molar-refractivity contribution is -0.158. The molecular weight excluding hydrogens is 241 g/mol. The van der Waals surface area contributed by atoms with Gasteiger partial charge < -0.3 is 4.98 Å². The second-order valence-electron chi connectivity index (χ2n) is 3.97. The van der Waals surface area contributed by atoms with Crippen LogP contribution in [0, 0.1) is 0 Å². The summed E-state index contributed by atoms with van der Waals surface area (Å²) in [5.74, 6) is 0. The van der Waals surface area contributed by atoms with E-state index in [1.165, 1.54) is 12.3 Å². The molecule has 2 N–H and O–H groups in total. The third-order valence-electron chi connectivity index (χ3n) is 2.61. The molecule has 1 unspecified atom stereocenters. The largest absolute Gasteiger partial charge is 0.409 e. The summed E-state index contributed by atoms with van der Waals surface area (Å²) in [5, 5.41) is 2.52. The van der Waals surface area contributed by atoms with Crippen molar-refractivity contribution in [2.75, 3.05) is 0 Å². The van der Waals surface area contributed by atoms with Gasteiger partial charge in [-0.25, -0.2) is 0 Å². The molecule has 2 nitrogen and oxygen atoms in total. The van der Waals surface area contributed by atoms with E-state index < -0.39 is 12.2 Å². The fourth-order valence-corrected chi connectivity index (χ4v) is 1.74. The maximum Gasteiger partial charge on any atom is 0.409 e. The predicted octanol–water partition coefficient (Wildman–Crippen LogP) is 3.41. The quantitative estimate of drug-likeness (QED) is 0.859. The van der Waals surface area contributed by atoms with Gasteiger partial charge >= 0.3 is 6.18 Å². The third kappa shape index (κ3) is 3.13. The molecule has 0 radical (unpaired) electrons. The van der Waals surface area contributed by atoms with Crippen LogP contribution in [-0.4, -0.2) is 11.2 Å². The van der Waals surface area contributed by atoms with Crippen molar-refractivity contribution in [3.05, 3.63) is 59.9 Å². The Morgan fingerprint density at radius 2 is 1.78 bits per heavy atom. The van der Waals surface area contributed by atoms with E-state index in [2.05, 4.69) is 10.3 Å². The summed E-state index contributed by atoms with van der Waals surface area (Å²) >= 11 is 0. The number of rotatable bonds is 4. The van der Waals surface area contributed by atoms with E-state index in [0.29, 0.717) is 0 Å². The number of aromatic nitrogens is 1. The number of benzene rings is 1. The zero-order valence-corrected chi connectivity index (χ0v) is 9.54. The van der Waals surface area contributed by atoms with Crippen LogP contribution in [0.1, 0.15) is 17.3 Å². The number of alkyl halides is 3. The second-order valence-corrected chi connectivity index (χ2v) is 3.97. The molecule has 2 aromatic rings. The fraction of sp³-hybridized carbons (Fsp3) is 0.231. The summed E-state index contributed by atoms with van der Waals surface area (Å²) in [4.78, 5) is 2.60. The molecule has 2 rings (SSSR count). The number of aromatic amines is 1. The first-order chi connectivity index (χ1) is 8.57. The summed E-state index contributed by atoms with van der Waals surface area (Å²) in [5.41, 5.74) is 0.941. The predicted molar refractivity (Wildman–Crippen MR) is 62.9 cm³/mol. The van der Waals surface area contributed by atoms with Crippen LogP contribution in [0.3, 0.4) is 0 Å². The minimum absolute atomic E-state index is 0.124. The van der Waals surface area contributed by atoms with Gasteiger partial charge in [0.15, 0.2) is 0 Å². The van der Waals surface area contributed by atoms with E-state index in [9.17, 15) is 13.2 Å². The van der Waals surface area contributed by atoms with Crippen molar-refractivity contribution in [3.8, 4) is 0 Å². The molecule has 1 atom stereocenters. The lowest BCUT2D eigenvalue weighted by atomic mass is 10.1. The van der Waals surface area contributed by atoms with Crippen LogP contribution in [-0.2, 0) is 6.54 Å². The Kier molecular flexibility index (Phi) is 3.72. The zero-order valence-electron chi connectivity index (χ0n) is 9.54. The van der Waals surface area contributed by atoms with Crippen LogP contribution in [0.2, 0.25) is 0 Å². The average molecular weight is 254 g/mol. The Hall–Kier alpha value is -1.75. The summed E-state index contributed by atoms with van der Waals surface area (Å²) < 4.78 is 38.7. The highest BCUT2D eigenvalue weighted by Crippen LogP contribution is 2.31. The fourth-order valence-electron chi connectivity index (χ4n) is 1.74. The monoisotopic (exact) mass is 254 g/mol. The lowest BCUT2D eigenvalue weighted by Gasteiger charge is -2.20. The van der Waals surface area contributed by atoms with Crippen LogP contribution in [0.25, 0.3) is 0 Å². The van der Waals surface area contributed by atoms with Crippen molar-refractivity contribution in [3.63, 3.8) is 0 Å². The molecular formula is C13H13F3N2. The number of hydrogen-bond donors (Lipinski definition) is 2. The topological polar surface area (TPSA) is 27.8 Å². The molecule has 1 aromatic carbocycles. The molecule has 1 heterocycles. The highest BCUT2D eigenvalue weighted by molar-refractivity contribution is 5.16. The number of halogens is 3. The lowest BCUT2D eigenvalue weighted by Crippen LogP contribution is -2.34. The van der Waals surface area contributed by atoms with Crippen LogP contribution in [0.4, 0.5) is 13.2 Å². The van der Waals surface area contributed by atoms with Gasteiger partial charge in [0.1, 0.15) is 6.04 Å². The standard InChI is InChI=1S/C13H13F3N2/c14-13(15,16)12(11-7-4-8-17-11)18-9-10-5-2-1-3-6-10/h1-8,12,17-18H,9H2. The molecule has 0 aliphatic heterocycles. The van der Waals surface area contributed by atoms with E-state index in [0.717, 1.165) is 5.56 Å². The van der Waals surface area contributed by atoms with Crippen LogP contribution in [0.5, 0.6) is 0 Å². The number of H-pyrrole nitrogens is 1. The molecule has 1 aromatic heterocycles. The molecule has 0 spiro atoms. The third-order valence-corrected chi connectivity index (χ3v) is 2.61. The van der Waals surface area contributed by atoms with Crippen molar-refractivity contribution in [2.45, 2.75) is 18.8 Å². The second kappa shape index (κ2) is 5.27. The van der Waals surface area contributed by atoms with Crippen molar-refractivity contribution in [2.24, 2.45) is 0 Å². The van der Waals surface area contributed by atoms with Gasteiger partial charge in [-0.3, -0.25) is 5.32 Å². The molecule has 0 aliphatic rings. The van der Waals surface area contributed by atoms with Crippen LogP contribution >= 0.6 is 0 Å². The number of nitrogens with one attached hydrogen (secondary N) is 2. The van der Waals surface area contributed by atoms with Gasteiger partial charge in [0, 0.05) is 18.4 Å². The van der Waals surface area contributed by atoms with Gasteiger partial charge in [0.2, 0.25) is 0 Å². The molecule has 0 fully saturated rings. The average Bonchev–Trinajstić information content (AvgIpc) is 2.82. The molecule has 0 aliphatic carbocycles. The molecule has 18 heavy (non-hydrogen) atoms. The Morgan fingerprint density at radius 3 is 2.33 bits per heavy atom. The maximum atomic E-state index is 12.9. The SMILES string of the molecule is FC(F)(F)C(NCc1ccccc1)c1ccc[nH]1.